The molecule has 2 aliphatic rings. The van der Waals surface area contributed by atoms with Gasteiger partial charge in [0.05, 0.1) is 13.2 Å². The van der Waals surface area contributed by atoms with Crippen LogP contribution in [0, 0.1) is 12.0 Å². The summed E-state index contributed by atoms with van der Waals surface area (Å²) < 4.78 is 5.36. The van der Waals surface area contributed by atoms with Crippen molar-refractivity contribution in [3.8, 4) is 12.0 Å². The SMILES string of the molecule is C1#CN(C2COCCN2)CCC1. The number of rotatable bonds is 1. The quantitative estimate of drug-likeness (QED) is 0.554. The Morgan fingerprint density at radius 2 is 2.50 bits per heavy atom. The molecule has 0 aromatic heterocycles. The average Bonchev–Trinajstić information content (AvgIpc) is 2.21. The van der Waals surface area contributed by atoms with E-state index in [2.05, 4.69) is 22.2 Å². The molecule has 1 saturated heterocycles. The number of nitrogens with one attached hydrogen (secondary N) is 1. The van der Waals surface area contributed by atoms with Gasteiger partial charge in [-0.2, -0.15) is 0 Å². The van der Waals surface area contributed by atoms with E-state index >= 15 is 0 Å². The summed E-state index contributed by atoms with van der Waals surface area (Å²) in [5, 5.41) is 3.39. The minimum absolute atomic E-state index is 0.326. The first kappa shape index (κ1) is 7.90. The fraction of sp³-hybridized carbons (Fsp3) is 0.778. The number of nitrogens with zero attached hydrogens (tertiary/aromatic N) is 1. The molecule has 1 fully saturated rings. The topological polar surface area (TPSA) is 24.5 Å². The average molecular weight is 166 g/mol. The van der Waals surface area contributed by atoms with Crippen LogP contribution in [0.1, 0.15) is 12.8 Å². The van der Waals surface area contributed by atoms with Gasteiger partial charge in [-0.05, 0) is 6.42 Å². The van der Waals surface area contributed by atoms with Gasteiger partial charge in [-0.3, -0.25) is 5.32 Å². The first-order valence-electron chi connectivity index (χ1n) is 4.53. The Hall–Kier alpha value is -0.720. The second-order valence-electron chi connectivity index (χ2n) is 3.13. The van der Waals surface area contributed by atoms with Gasteiger partial charge in [-0.25, -0.2) is 0 Å². The molecule has 0 saturated carbocycles. The van der Waals surface area contributed by atoms with Gasteiger partial charge in [0.25, 0.3) is 0 Å². The monoisotopic (exact) mass is 166 g/mol. The highest BCUT2D eigenvalue weighted by atomic mass is 16.5. The van der Waals surface area contributed by atoms with Gasteiger partial charge in [-0.1, -0.05) is 5.92 Å². The summed E-state index contributed by atoms with van der Waals surface area (Å²) in [7, 11) is 0. The Morgan fingerprint density at radius 3 is 3.17 bits per heavy atom. The fourth-order valence-electron chi connectivity index (χ4n) is 1.54. The van der Waals surface area contributed by atoms with E-state index in [0.717, 1.165) is 32.7 Å². The zero-order chi connectivity index (χ0) is 8.23. The minimum Gasteiger partial charge on any atom is -0.377 e. The maximum Gasteiger partial charge on any atom is 0.111 e. The zero-order valence-corrected chi connectivity index (χ0v) is 7.18. The standard InChI is InChI=1S/C9H14N2O/c1-2-5-11(6-3-1)9-8-12-7-4-10-9/h9-10H,1-2,4-5,7-8H2. The summed E-state index contributed by atoms with van der Waals surface area (Å²) in [6.45, 7) is 3.63. The molecule has 0 spiro atoms. The van der Waals surface area contributed by atoms with Gasteiger partial charge in [0.1, 0.15) is 6.17 Å². The molecule has 2 aliphatic heterocycles. The second kappa shape index (κ2) is 3.79. The van der Waals surface area contributed by atoms with Gasteiger partial charge in [0, 0.05) is 25.6 Å². The van der Waals surface area contributed by atoms with Crippen molar-refractivity contribution < 1.29 is 4.74 Å². The minimum atomic E-state index is 0.326. The van der Waals surface area contributed by atoms with Crippen molar-refractivity contribution in [3.63, 3.8) is 0 Å². The van der Waals surface area contributed by atoms with E-state index in [1.54, 1.807) is 0 Å². The Balaban J connectivity index is 1.91. The van der Waals surface area contributed by atoms with E-state index in [4.69, 9.17) is 4.74 Å². The Bertz CT molecular complexity index is 200. The lowest BCUT2D eigenvalue weighted by Crippen LogP contribution is -2.51. The molecule has 1 unspecified atom stereocenters. The van der Waals surface area contributed by atoms with Crippen LogP contribution >= 0.6 is 0 Å². The van der Waals surface area contributed by atoms with Crippen LogP contribution in [0.25, 0.3) is 0 Å². The van der Waals surface area contributed by atoms with Crippen molar-refractivity contribution in [2.24, 2.45) is 0 Å². The van der Waals surface area contributed by atoms with E-state index in [9.17, 15) is 0 Å². The van der Waals surface area contributed by atoms with E-state index in [1.165, 1.54) is 6.42 Å². The lowest BCUT2D eigenvalue weighted by Gasteiger charge is -2.33. The second-order valence-corrected chi connectivity index (χ2v) is 3.13. The lowest BCUT2D eigenvalue weighted by atomic mass is 10.2. The van der Waals surface area contributed by atoms with Crippen LogP contribution in [-0.4, -0.2) is 37.4 Å². The molecule has 12 heavy (non-hydrogen) atoms. The van der Waals surface area contributed by atoms with Crippen molar-refractivity contribution in [2.75, 3.05) is 26.3 Å². The summed E-state index contributed by atoms with van der Waals surface area (Å²) in [5.41, 5.74) is 0. The van der Waals surface area contributed by atoms with Crippen LogP contribution in [-0.2, 0) is 4.74 Å². The first-order chi connectivity index (χ1) is 5.97. The van der Waals surface area contributed by atoms with Crippen LogP contribution in [0.4, 0.5) is 0 Å². The largest absolute Gasteiger partial charge is 0.377 e. The highest BCUT2D eigenvalue weighted by Crippen LogP contribution is 2.05. The molecule has 2 rings (SSSR count). The fourth-order valence-corrected chi connectivity index (χ4v) is 1.54. The molecule has 3 heteroatoms. The van der Waals surface area contributed by atoms with E-state index < -0.39 is 0 Å². The van der Waals surface area contributed by atoms with E-state index in [0.29, 0.717) is 6.17 Å². The van der Waals surface area contributed by atoms with Crippen molar-refractivity contribution >= 4 is 0 Å². The summed E-state index contributed by atoms with van der Waals surface area (Å²) in [6, 6.07) is 3.13. The third kappa shape index (κ3) is 1.71. The highest BCUT2D eigenvalue weighted by Gasteiger charge is 2.19. The molecular weight excluding hydrogens is 152 g/mol. The van der Waals surface area contributed by atoms with Crippen LogP contribution in [0.2, 0.25) is 0 Å². The molecule has 0 amide bonds. The summed E-state index contributed by atoms with van der Waals surface area (Å²) in [5.74, 6) is 3.11. The van der Waals surface area contributed by atoms with Crippen LogP contribution in [0.3, 0.4) is 0 Å². The number of ether oxygens (including phenoxy) is 1. The normalized spacial score (nSPS) is 29.3. The van der Waals surface area contributed by atoms with Gasteiger partial charge in [-0.15, -0.1) is 0 Å². The predicted molar refractivity (Wildman–Crippen MR) is 46.3 cm³/mol. The van der Waals surface area contributed by atoms with Crippen LogP contribution < -0.4 is 5.32 Å². The molecule has 66 valence electrons. The molecule has 0 aliphatic carbocycles. The lowest BCUT2D eigenvalue weighted by molar-refractivity contribution is 0.0297. The zero-order valence-electron chi connectivity index (χ0n) is 7.18. The summed E-state index contributed by atoms with van der Waals surface area (Å²) in [6.07, 6.45) is 2.56. The van der Waals surface area contributed by atoms with Crippen LogP contribution in [0.5, 0.6) is 0 Å². The maximum atomic E-state index is 5.36. The number of hydrogen-bond acceptors (Lipinski definition) is 3. The number of morpholine rings is 1. The van der Waals surface area contributed by atoms with E-state index in [1.807, 2.05) is 0 Å². The molecule has 3 nitrogen and oxygen atoms in total. The van der Waals surface area contributed by atoms with E-state index in [-0.39, 0.29) is 0 Å². The smallest absolute Gasteiger partial charge is 0.111 e. The first-order valence-corrected chi connectivity index (χ1v) is 4.53. The molecule has 0 radical (unpaired) electrons. The molecule has 0 bridgehead atoms. The number of hydrogen-bond donors (Lipinski definition) is 1. The van der Waals surface area contributed by atoms with Gasteiger partial charge in [0.15, 0.2) is 0 Å². The Morgan fingerprint density at radius 1 is 1.50 bits per heavy atom. The van der Waals surface area contributed by atoms with Crippen molar-refractivity contribution in [1.82, 2.24) is 10.2 Å². The maximum absolute atomic E-state index is 5.36. The molecule has 0 aromatic carbocycles. The van der Waals surface area contributed by atoms with Gasteiger partial charge >= 0.3 is 0 Å². The molecular formula is C9H14N2O. The third-order valence-electron chi connectivity index (χ3n) is 2.20. The van der Waals surface area contributed by atoms with Crippen molar-refractivity contribution in [2.45, 2.75) is 19.0 Å². The van der Waals surface area contributed by atoms with Gasteiger partial charge in [0.2, 0.25) is 0 Å². The summed E-state index contributed by atoms with van der Waals surface area (Å²) in [4.78, 5) is 2.16. The van der Waals surface area contributed by atoms with Crippen molar-refractivity contribution in [3.05, 3.63) is 0 Å². The molecule has 1 N–H and O–H groups in total. The third-order valence-corrected chi connectivity index (χ3v) is 2.20. The summed E-state index contributed by atoms with van der Waals surface area (Å²) >= 11 is 0. The molecule has 1 atom stereocenters. The highest BCUT2D eigenvalue weighted by molar-refractivity contribution is 5.04. The molecule has 2 heterocycles. The van der Waals surface area contributed by atoms with Crippen molar-refractivity contribution in [1.29, 1.82) is 0 Å². The van der Waals surface area contributed by atoms with Crippen LogP contribution in [0.15, 0.2) is 0 Å². The van der Waals surface area contributed by atoms with Gasteiger partial charge < -0.3 is 9.64 Å². The molecule has 0 aromatic rings. The Labute approximate surface area is 73.1 Å². The predicted octanol–water partition coefficient (Wildman–Crippen LogP) is -0.0110. The Kier molecular flexibility index (Phi) is 2.50.